The highest BCUT2D eigenvalue weighted by atomic mass is 35.5. The maximum absolute atomic E-state index is 5.97. The Labute approximate surface area is 110 Å². The van der Waals surface area contributed by atoms with Crippen molar-refractivity contribution in [1.29, 1.82) is 0 Å². The summed E-state index contributed by atoms with van der Waals surface area (Å²) in [5, 5.41) is 9.95. The van der Waals surface area contributed by atoms with Gasteiger partial charge in [0.15, 0.2) is 0 Å². The van der Waals surface area contributed by atoms with Crippen LogP contribution in [0.15, 0.2) is 17.6 Å². The first-order valence-corrected chi connectivity index (χ1v) is 6.82. The van der Waals surface area contributed by atoms with Crippen molar-refractivity contribution >= 4 is 22.9 Å². The van der Waals surface area contributed by atoms with E-state index in [9.17, 15) is 0 Å². The van der Waals surface area contributed by atoms with Gasteiger partial charge in [-0.2, -0.15) is 5.10 Å². The highest BCUT2D eigenvalue weighted by Crippen LogP contribution is 2.29. The zero-order chi connectivity index (χ0) is 12.4. The molecule has 0 unspecified atom stereocenters. The molecule has 0 amide bonds. The first kappa shape index (κ1) is 12.6. The Balaban J connectivity index is 2.27. The summed E-state index contributed by atoms with van der Waals surface area (Å²) in [6.45, 7) is 5.10. The average Bonchev–Trinajstić information content (AvgIpc) is 2.81. The van der Waals surface area contributed by atoms with Gasteiger partial charge in [0, 0.05) is 42.3 Å². The van der Waals surface area contributed by atoms with Gasteiger partial charge in [-0.15, -0.1) is 11.3 Å². The molecule has 92 valence electrons. The third-order valence-corrected chi connectivity index (χ3v) is 3.54. The van der Waals surface area contributed by atoms with E-state index in [1.54, 1.807) is 0 Å². The van der Waals surface area contributed by atoms with Gasteiger partial charge in [0.25, 0.3) is 0 Å². The summed E-state index contributed by atoms with van der Waals surface area (Å²) >= 11 is 7.50. The maximum atomic E-state index is 5.97. The van der Waals surface area contributed by atoms with Crippen LogP contribution in [0.3, 0.4) is 0 Å². The van der Waals surface area contributed by atoms with E-state index in [-0.39, 0.29) is 0 Å². The molecule has 0 radical (unpaired) electrons. The number of rotatable bonds is 4. The molecule has 3 nitrogen and oxygen atoms in total. The molecule has 1 N–H and O–H groups in total. The number of nitrogens with one attached hydrogen (secondary N) is 1. The molecule has 0 fully saturated rings. The maximum Gasteiger partial charge on any atom is 0.0976 e. The van der Waals surface area contributed by atoms with Crippen molar-refractivity contribution in [3.8, 4) is 11.3 Å². The van der Waals surface area contributed by atoms with E-state index in [2.05, 4.69) is 30.5 Å². The van der Waals surface area contributed by atoms with Crippen molar-refractivity contribution in [3.05, 3.63) is 27.5 Å². The fourth-order valence-corrected chi connectivity index (χ4v) is 2.52. The van der Waals surface area contributed by atoms with Crippen LogP contribution >= 0.6 is 22.9 Å². The van der Waals surface area contributed by atoms with Gasteiger partial charge in [-0.3, -0.25) is 4.68 Å². The Morgan fingerprint density at radius 2 is 2.29 bits per heavy atom. The van der Waals surface area contributed by atoms with E-state index in [1.807, 2.05) is 23.2 Å². The first-order chi connectivity index (χ1) is 8.06. The van der Waals surface area contributed by atoms with Crippen LogP contribution < -0.4 is 5.32 Å². The largest absolute Gasteiger partial charge is 0.310 e. The van der Waals surface area contributed by atoms with Gasteiger partial charge >= 0.3 is 0 Å². The summed E-state index contributed by atoms with van der Waals surface area (Å²) in [6.07, 6.45) is 2.05. The Morgan fingerprint density at radius 1 is 1.53 bits per heavy atom. The van der Waals surface area contributed by atoms with E-state index < -0.39 is 0 Å². The summed E-state index contributed by atoms with van der Waals surface area (Å²) in [5.74, 6) is 0. The molecule has 17 heavy (non-hydrogen) atoms. The third kappa shape index (κ3) is 3.09. The molecule has 0 aromatic carbocycles. The Morgan fingerprint density at radius 3 is 2.88 bits per heavy atom. The van der Waals surface area contributed by atoms with E-state index in [0.717, 1.165) is 22.1 Å². The monoisotopic (exact) mass is 269 g/mol. The molecule has 2 aromatic rings. The van der Waals surface area contributed by atoms with E-state index in [0.29, 0.717) is 6.04 Å². The molecule has 2 rings (SSSR count). The lowest BCUT2D eigenvalue weighted by molar-refractivity contribution is 0.589. The zero-order valence-electron chi connectivity index (χ0n) is 10.2. The SMILES string of the molecule is CC(C)NCc1cn(C)nc1-c1csc(Cl)c1. The summed E-state index contributed by atoms with van der Waals surface area (Å²) in [7, 11) is 1.94. The fourth-order valence-electron chi connectivity index (χ4n) is 1.66. The molecule has 2 aromatic heterocycles. The number of halogens is 1. The van der Waals surface area contributed by atoms with Crippen molar-refractivity contribution in [2.75, 3.05) is 0 Å². The molecular formula is C12H16ClN3S. The molecule has 0 aliphatic heterocycles. The molecule has 0 aliphatic rings. The van der Waals surface area contributed by atoms with E-state index in [4.69, 9.17) is 11.6 Å². The minimum absolute atomic E-state index is 0.467. The lowest BCUT2D eigenvalue weighted by Crippen LogP contribution is -2.21. The molecule has 0 saturated heterocycles. The molecule has 5 heteroatoms. The van der Waals surface area contributed by atoms with Gasteiger partial charge in [-0.1, -0.05) is 25.4 Å². The summed E-state index contributed by atoms with van der Waals surface area (Å²) < 4.78 is 2.64. The van der Waals surface area contributed by atoms with Crippen molar-refractivity contribution < 1.29 is 0 Å². The number of aryl methyl sites for hydroxylation is 1. The van der Waals surface area contributed by atoms with Gasteiger partial charge in [0.2, 0.25) is 0 Å². The summed E-state index contributed by atoms with van der Waals surface area (Å²) in [4.78, 5) is 0. The molecule has 0 saturated carbocycles. The van der Waals surface area contributed by atoms with Crippen LogP contribution in [0.4, 0.5) is 0 Å². The fraction of sp³-hybridized carbons (Fsp3) is 0.417. The van der Waals surface area contributed by atoms with Crippen molar-refractivity contribution in [2.24, 2.45) is 7.05 Å². The predicted octanol–water partition coefficient (Wildman–Crippen LogP) is 3.30. The standard InChI is InChI=1S/C12H16ClN3S/c1-8(2)14-5-10-6-16(3)15-12(10)9-4-11(13)17-7-9/h4,6-8,14H,5H2,1-3H3. The normalized spacial score (nSPS) is 11.4. The van der Waals surface area contributed by atoms with Crippen molar-refractivity contribution in [3.63, 3.8) is 0 Å². The second kappa shape index (κ2) is 5.21. The number of hydrogen-bond acceptors (Lipinski definition) is 3. The van der Waals surface area contributed by atoms with Crippen LogP contribution in [0.1, 0.15) is 19.4 Å². The van der Waals surface area contributed by atoms with Gasteiger partial charge in [-0.25, -0.2) is 0 Å². The quantitative estimate of drug-likeness (QED) is 0.923. The van der Waals surface area contributed by atoms with Crippen LogP contribution in [0.2, 0.25) is 4.34 Å². The van der Waals surface area contributed by atoms with Crippen molar-refractivity contribution in [2.45, 2.75) is 26.4 Å². The Hall–Kier alpha value is -0.840. The second-order valence-electron chi connectivity index (χ2n) is 4.35. The van der Waals surface area contributed by atoms with Crippen LogP contribution in [-0.4, -0.2) is 15.8 Å². The zero-order valence-corrected chi connectivity index (χ0v) is 11.8. The van der Waals surface area contributed by atoms with E-state index >= 15 is 0 Å². The van der Waals surface area contributed by atoms with Gasteiger partial charge in [-0.05, 0) is 6.07 Å². The molecule has 0 aliphatic carbocycles. The number of thiophene rings is 1. The van der Waals surface area contributed by atoms with Crippen LogP contribution in [0.25, 0.3) is 11.3 Å². The smallest absolute Gasteiger partial charge is 0.0976 e. The highest BCUT2D eigenvalue weighted by Gasteiger charge is 2.11. The summed E-state index contributed by atoms with van der Waals surface area (Å²) in [5.41, 5.74) is 3.32. The van der Waals surface area contributed by atoms with Crippen LogP contribution in [0.5, 0.6) is 0 Å². The van der Waals surface area contributed by atoms with Gasteiger partial charge in [0.1, 0.15) is 0 Å². The van der Waals surface area contributed by atoms with Gasteiger partial charge < -0.3 is 5.32 Å². The number of nitrogens with zero attached hydrogens (tertiary/aromatic N) is 2. The van der Waals surface area contributed by atoms with Gasteiger partial charge in [0.05, 0.1) is 10.0 Å². The topological polar surface area (TPSA) is 29.9 Å². The lowest BCUT2D eigenvalue weighted by atomic mass is 10.1. The molecule has 0 bridgehead atoms. The predicted molar refractivity (Wildman–Crippen MR) is 73.5 cm³/mol. The number of hydrogen-bond donors (Lipinski definition) is 1. The minimum atomic E-state index is 0.467. The minimum Gasteiger partial charge on any atom is -0.310 e. The first-order valence-electron chi connectivity index (χ1n) is 5.56. The molecule has 0 atom stereocenters. The van der Waals surface area contributed by atoms with E-state index in [1.165, 1.54) is 16.9 Å². The summed E-state index contributed by atoms with van der Waals surface area (Å²) in [6, 6.07) is 2.43. The third-order valence-electron chi connectivity index (χ3n) is 2.45. The number of aromatic nitrogens is 2. The van der Waals surface area contributed by atoms with Crippen LogP contribution in [-0.2, 0) is 13.6 Å². The lowest BCUT2D eigenvalue weighted by Gasteiger charge is -2.07. The van der Waals surface area contributed by atoms with Crippen LogP contribution in [0, 0.1) is 0 Å². The average molecular weight is 270 g/mol. The second-order valence-corrected chi connectivity index (χ2v) is 5.89. The highest BCUT2D eigenvalue weighted by molar-refractivity contribution is 7.14. The Kier molecular flexibility index (Phi) is 3.86. The van der Waals surface area contributed by atoms with Crippen molar-refractivity contribution in [1.82, 2.24) is 15.1 Å². The molecular weight excluding hydrogens is 254 g/mol. The molecule has 0 spiro atoms. The Bertz CT molecular complexity index is 502. The molecule has 2 heterocycles.